The maximum absolute atomic E-state index is 11.9. The van der Waals surface area contributed by atoms with Gasteiger partial charge in [-0.25, -0.2) is 4.98 Å². The van der Waals surface area contributed by atoms with Crippen LogP contribution in [-0.2, 0) is 17.8 Å². The molecule has 1 amide bonds. The lowest BCUT2D eigenvalue weighted by Gasteiger charge is -2.26. The SMILES string of the molecule is Cc1cccc(OCc2cncc(-c3ccc4c(c3)CCC(=O)N4C)c2)n1. The first-order valence-corrected chi connectivity index (χ1v) is 9.00. The van der Waals surface area contributed by atoms with E-state index in [9.17, 15) is 4.79 Å². The van der Waals surface area contributed by atoms with Crippen LogP contribution >= 0.6 is 0 Å². The Morgan fingerprint density at radius 1 is 1.07 bits per heavy atom. The Kier molecular flexibility index (Phi) is 4.59. The molecule has 0 spiro atoms. The Morgan fingerprint density at radius 2 is 1.96 bits per heavy atom. The molecule has 3 aromatic rings. The quantitative estimate of drug-likeness (QED) is 0.708. The van der Waals surface area contributed by atoms with Gasteiger partial charge in [-0.3, -0.25) is 9.78 Å². The lowest BCUT2D eigenvalue weighted by atomic mass is 9.96. The molecule has 0 atom stereocenters. The van der Waals surface area contributed by atoms with Gasteiger partial charge in [-0.15, -0.1) is 0 Å². The van der Waals surface area contributed by atoms with Crippen molar-refractivity contribution in [2.24, 2.45) is 0 Å². The molecular formula is C22H21N3O2. The number of rotatable bonds is 4. The maximum Gasteiger partial charge on any atom is 0.227 e. The van der Waals surface area contributed by atoms with E-state index in [1.165, 1.54) is 5.56 Å². The number of ether oxygens (including phenoxy) is 1. The number of carbonyl (C=O) groups is 1. The average Bonchev–Trinajstić information content (AvgIpc) is 2.69. The van der Waals surface area contributed by atoms with Gasteiger partial charge >= 0.3 is 0 Å². The van der Waals surface area contributed by atoms with Crippen molar-refractivity contribution < 1.29 is 9.53 Å². The van der Waals surface area contributed by atoms with Crippen molar-refractivity contribution in [3.8, 4) is 17.0 Å². The zero-order valence-electron chi connectivity index (χ0n) is 15.5. The van der Waals surface area contributed by atoms with Crippen molar-refractivity contribution in [3.05, 3.63) is 71.7 Å². The lowest BCUT2D eigenvalue weighted by molar-refractivity contribution is -0.118. The molecule has 2 aromatic heterocycles. The third-order valence-electron chi connectivity index (χ3n) is 4.80. The van der Waals surface area contributed by atoms with E-state index in [2.05, 4.69) is 22.1 Å². The molecule has 27 heavy (non-hydrogen) atoms. The van der Waals surface area contributed by atoms with E-state index in [0.29, 0.717) is 18.9 Å². The highest BCUT2D eigenvalue weighted by atomic mass is 16.5. The van der Waals surface area contributed by atoms with Gasteiger partial charge in [0.25, 0.3) is 0 Å². The summed E-state index contributed by atoms with van der Waals surface area (Å²) in [6, 6.07) is 14.0. The molecule has 0 radical (unpaired) electrons. The summed E-state index contributed by atoms with van der Waals surface area (Å²) in [5.41, 5.74) is 6.24. The number of amides is 1. The standard InChI is InChI=1S/C22H21N3O2/c1-15-4-3-5-21(24-15)27-14-16-10-19(13-23-12-16)17-6-8-20-18(11-17)7-9-22(26)25(20)2/h3-6,8,10-13H,7,9,14H2,1-2H3. The first-order chi connectivity index (χ1) is 13.1. The topological polar surface area (TPSA) is 55.3 Å². The Balaban J connectivity index is 1.55. The normalized spacial score (nSPS) is 13.4. The minimum absolute atomic E-state index is 0.167. The number of hydrogen-bond acceptors (Lipinski definition) is 4. The molecule has 0 fully saturated rings. The van der Waals surface area contributed by atoms with Crippen molar-refractivity contribution in [3.63, 3.8) is 0 Å². The summed E-state index contributed by atoms with van der Waals surface area (Å²) in [5.74, 6) is 0.780. The van der Waals surface area contributed by atoms with Crippen LogP contribution in [0.2, 0.25) is 0 Å². The average molecular weight is 359 g/mol. The van der Waals surface area contributed by atoms with Gasteiger partial charge < -0.3 is 9.64 Å². The van der Waals surface area contributed by atoms with E-state index >= 15 is 0 Å². The molecule has 1 aromatic carbocycles. The summed E-state index contributed by atoms with van der Waals surface area (Å²) in [5, 5.41) is 0. The molecule has 0 N–H and O–H groups in total. The zero-order chi connectivity index (χ0) is 18.8. The fourth-order valence-electron chi connectivity index (χ4n) is 3.32. The maximum atomic E-state index is 11.9. The van der Waals surface area contributed by atoms with Gasteiger partial charge in [0.1, 0.15) is 6.61 Å². The first-order valence-electron chi connectivity index (χ1n) is 9.00. The van der Waals surface area contributed by atoms with Crippen molar-refractivity contribution in [2.75, 3.05) is 11.9 Å². The molecule has 0 saturated heterocycles. The number of aromatic nitrogens is 2. The van der Waals surface area contributed by atoms with E-state index in [1.54, 1.807) is 4.90 Å². The van der Waals surface area contributed by atoms with Crippen molar-refractivity contribution in [2.45, 2.75) is 26.4 Å². The second-order valence-electron chi connectivity index (χ2n) is 6.78. The summed E-state index contributed by atoms with van der Waals surface area (Å²) >= 11 is 0. The highest BCUT2D eigenvalue weighted by molar-refractivity contribution is 5.96. The number of aryl methyl sites for hydroxylation is 2. The second kappa shape index (κ2) is 7.19. The molecule has 1 aliphatic heterocycles. The molecule has 136 valence electrons. The third-order valence-corrected chi connectivity index (χ3v) is 4.80. The monoisotopic (exact) mass is 359 g/mol. The number of nitrogens with zero attached hydrogens (tertiary/aromatic N) is 3. The minimum Gasteiger partial charge on any atom is -0.473 e. The van der Waals surface area contributed by atoms with Crippen LogP contribution in [0.1, 0.15) is 23.2 Å². The van der Waals surface area contributed by atoms with Gasteiger partial charge in [0.15, 0.2) is 0 Å². The number of pyridine rings is 2. The van der Waals surface area contributed by atoms with Crippen LogP contribution in [0.15, 0.2) is 54.9 Å². The molecular weight excluding hydrogens is 338 g/mol. The van der Waals surface area contributed by atoms with Crippen LogP contribution in [-0.4, -0.2) is 22.9 Å². The minimum atomic E-state index is 0.167. The van der Waals surface area contributed by atoms with Gasteiger partial charge in [-0.1, -0.05) is 12.1 Å². The van der Waals surface area contributed by atoms with Crippen LogP contribution < -0.4 is 9.64 Å². The Morgan fingerprint density at radius 3 is 2.81 bits per heavy atom. The predicted molar refractivity (Wildman–Crippen MR) is 105 cm³/mol. The van der Waals surface area contributed by atoms with Crippen molar-refractivity contribution >= 4 is 11.6 Å². The van der Waals surface area contributed by atoms with Crippen molar-refractivity contribution in [1.29, 1.82) is 0 Å². The molecule has 5 heteroatoms. The van der Waals surface area contributed by atoms with Crippen LogP contribution in [0, 0.1) is 6.92 Å². The van der Waals surface area contributed by atoms with Gasteiger partial charge in [0.2, 0.25) is 11.8 Å². The van der Waals surface area contributed by atoms with Gasteiger partial charge in [0, 0.05) is 54.4 Å². The Labute approximate surface area is 158 Å². The highest BCUT2D eigenvalue weighted by Crippen LogP contribution is 2.31. The zero-order valence-corrected chi connectivity index (χ0v) is 15.5. The number of carbonyl (C=O) groups excluding carboxylic acids is 1. The molecule has 0 saturated carbocycles. The molecule has 1 aliphatic rings. The van der Waals surface area contributed by atoms with Gasteiger partial charge in [-0.05, 0) is 48.7 Å². The number of anilines is 1. The van der Waals surface area contributed by atoms with Crippen LogP contribution in [0.3, 0.4) is 0 Å². The van der Waals surface area contributed by atoms with Crippen LogP contribution in [0.4, 0.5) is 5.69 Å². The van der Waals surface area contributed by atoms with E-state index in [-0.39, 0.29) is 5.91 Å². The summed E-state index contributed by atoms with van der Waals surface area (Å²) in [6.07, 6.45) is 5.00. The molecule has 4 rings (SSSR count). The molecule has 3 heterocycles. The van der Waals surface area contributed by atoms with E-state index in [1.807, 2.05) is 56.7 Å². The van der Waals surface area contributed by atoms with Gasteiger partial charge in [-0.2, -0.15) is 0 Å². The van der Waals surface area contributed by atoms with Crippen molar-refractivity contribution in [1.82, 2.24) is 9.97 Å². The van der Waals surface area contributed by atoms with Crippen LogP contribution in [0.5, 0.6) is 5.88 Å². The fraction of sp³-hybridized carbons (Fsp3) is 0.227. The summed E-state index contributed by atoms with van der Waals surface area (Å²) in [7, 11) is 1.83. The lowest BCUT2D eigenvalue weighted by Crippen LogP contribution is -2.30. The molecule has 5 nitrogen and oxygen atoms in total. The summed E-state index contributed by atoms with van der Waals surface area (Å²) in [4.78, 5) is 22.3. The van der Waals surface area contributed by atoms with E-state index in [0.717, 1.165) is 34.5 Å². The molecule has 0 bridgehead atoms. The summed E-state index contributed by atoms with van der Waals surface area (Å²) in [6.45, 7) is 2.36. The number of fused-ring (bicyclic) bond motifs is 1. The summed E-state index contributed by atoms with van der Waals surface area (Å²) < 4.78 is 5.78. The fourth-order valence-corrected chi connectivity index (χ4v) is 3.32. The molecule has 0 aliphatic carbocycles. The van der Waals surface area contributed by atoms with E-state index < -0.39 is 0 Å². The van der Waals surface area contributed by atoms with E-state index in [4.69, 9.17) is 4.74 Å². The first kappa shape index (κ1) is 17.2. The van der Waals surface area contributed by atoms with Gasteiger partial charge in [0.05, 0.1) is 0 Å². The molecule has 0 unspecified atom stereocenters. The smallest absolute Gasteiger partial charge is 0.227 e. The Bertz CT molecular complexity index is 1000. The number of benzene rings is 1. The van der Waals surface area contributed by atoms with Crippen LogP contribution in [0.25, 0.3) is 11.1 Å². The second-order valence-corrected chi connectivity index (χ2v) is 6.78. The Hall–Kier alpha value is -3.21. The number of hydrogen-bond donors (Lipinski definition) is 0. The largest absolute Gasteiger partial charge is 0.473 e. The highest BCUT2D eigenvalue weighted by Gasteiger charge is 2.21. The third kappa shape index (κ3) is 3.67. The predicted octanol–water partition coefficient (Wildman–Crippen LogP) is 3.94.